The van der Waals surface area contributed by atoms with Gasteiger partial charge in [0, 0.05) is 37.1 Å². The lowest BCUT2D eigenvalue weighted by molar-refractivity contribution is -0.132. The Morgan fingerprint density at radius 3 is 2.46 bits per heavy atom. The molecule has 140 valence electrons. The molecular weight excluding hydrogens is 344 g/mol. The molecule has 0 atom stereocenters. The zero-order valence-corrected chi connectivity index (χ0v) is 16.6. The van der Waals surface area contributed by atoms with Crippen LogP contribution in [0.1, 0.15) is 42.5 Å². The fourth-order valence-corrected chi connectivity index (χ4v) is 4.40. The highest BCUT2D eigenvalue weighted by atomic mass is 32.1. The first kappa shape index (κ1) is 18.9. The molecule has 0 N–H and O–H groups in total. The number of hydrogen-bond donors (Lipinski definition) is 0. The summed E-state index contributed by atoms with van der Waals surface area (Å²) in [6.45, 7) is 6.25. The standard InChI is InChI=1S/C21H28N2O2S/c1-16-3-5-18(6-4-16)7-8-19-9-12-22(13-10-19)20(24)11-14-23-17(2)15-26-21(23)25/h3-6,15,19H,7-14H2,1-2H3. The van der Waals surface area contributed by atoms with Crippen LogP contribution in [0.15, 0.2) is 34.4 Å². The van der Waals surface area contributed by atoms with E-state index in [9.17, 15) is 9.59 Å². The van der Waals surface area contributed by atoms with E-state index >= 15 is 0 Å². The number of likely N-dealkylation sites (tertiary alicyclic amines) is 1. The van der Waals surface area contributed by atoms with Crippen LogP contribution >= 0.6 is 11.3 Å². The van der Waals surface area contributed by atoms with Crippen LogP contribution in [0, 0.1) is 19.8 Å². The zero-order valence-electron chi connectivity index (χ0n) is 15.7. The quantitative estimate of drug-likeness (QED) is 0.774. The van der Waals surface area contributed by atoms with Crippen molar-refractivity contribution in [3.05, 3.63) is 56.1 Å². The van der Waals surface area contributed by atoms with Crippen LogP contribution in [0.3, 0.4) is 0 Å². The number of aromatic nitrogens is 1. The Hall–Kier alpha value is -1.88. The maximum Gasteiger partial charge on any atom is 0.307 e. The smallest absolute Gasteiger partial charge is 0.307 e. The SMILES string of the molecule is Cc1ccc(CCC2CCN(C(=O)CCn3c(C)csc3=O)CC2)cc1. The van der Waals surface area contributed by atoms with Gasteiger partial charge in [0.05, 0.1) is 0 Å². The summed E-state index contributed by atoms with van der Waals surface area (Å²) in [5.74, 6) is 0.890. The van der Waals surface area contributed by atoms with Gasteiger partial charge in [-0.05, 0) is 51.0 Å². The lowest BCUT2D eigenvalue weighted by Gasteiger charge is -2.32. The molecule has 4 nitrogen and oxygen atoms in total. The number of thiazole rings is 1. The summed E-state index contributed by atoms with van der Waals surface area (Å²) in [5.41, 5.74) is 3.66. The molecule has 2 heterocycles. The largest absolute Gasteiger partial charge is 0.343 e. The Kier molecular flexibility index (Phi) is 6.30. The molecule has 0 spiro atoms. The van der Waals surface area contributed by atoms with Gasteiger partial charge in [-0.15, -0.1) is 0 Å². The van der Waals surface area contributed by atoms with Crippen molar-refractivity contribution in [2.45, 2.75) is 52.5 Å². The van der Waals surface area contributed by atoms with Crippen LogP contribution < -0.4 is 4.87 Å². The highest BCUT2D eigenvalue weighted by Gasteiger charge is 2.22. The fraction of sp³-hybridized carbons (Fsp3) is 0.524. The number of carbonyl (C=O) groups excluding carboxylic acids is 1. The third kappa shape index (κ3) is 4.85. The highest BCUT2D eigenvalue weighted by molar-refractivity contribution is 7.07. The number of benzene rings is 1. The van der Waals surface area contributed by atoms with E-state index in [0.717, 1.165) is 38.0 Å². The topological polar surface area (TPSA) is 42.3 Å². The van der Waals surface area contributed by atoms with E-state index in [4.69, 9.17) is 0 Å². The van der Waals surface area contributed by atoms with Crippen molar-refractivity contribution < 1.29 is 4.79 Å². The second-order valence-electron chi connectivity index (χ2n) is 7.39. The van der Waals surface area contributed by atoms with Crippen LogP contribution in [-0.4, -0.2) is 28.5 Å². The summed E-state index contributed by atoms with van der Waals surface area (Å²) in [5, 5.41) is 1.85. The molecule has 2 aromatic rings. The molecule has 0 unspecified atom stereocenters. The second kappa shape index (κ2) is 8.67. The van der Waals surface area contributed by atoms with Gasteiger partial charge in [0.15, 0.2) is 0 Å². The summed E-state index contributed by atoms with van der Waals surface area (Å²) in [6, 6.07) is 8.80. The Morgan fingerprint density at radius 2 is 1.85 bits per heavy atom. The second-order valence-corrected chi connectivity index (χ2v) is 8.21. The molecule has 0 radical (unpaired) electrons. The summed E-state index contributed by atoms with van der Waals surface area (Å²) in [4.78, 5) is 26.2. The number of rotatable bonds is 6. The maximum absolute atomic E-state index is 12.4. The molecule has 0 aliphatic carbocycles. The first-order valence-electron chi connectivity index (χ1n) is 9.51. The first-order chi connectivity index (χ1) is 12.5. The average Bonchev–Trinajstić information content (AvgIpc) is 2.97. The Bertz CT molecular complexity index is 783. The lowest BCUT2D eigenvalue weighted by atomic mass is 9.90. The zero-order chi connectivity index (χ0) is 18.5. The van der Waals surface area contributed by atoms with E-state index in [2.05, 4.69) is 31.2 Å². The monoisotopic (exact) mass is 372 g/mol. The molecule has 1 aromatic heterocycles. The number of piperidine rings is 1. The van der Waals surface area contributed by atoms with Gasteiger partial charge >= 0.3 is 4.87 Å². The van der Waals surface area contributed by atoms with Gasteiger partial charge in [-0.3, -0.25) is 9.59 Å². The molecule has 0 saturated carbocycles. The van der Waals surface area contributed by atoms with E-state index in [1.165, 1.54) is 28.9 Å². The van der Waals surface area contributed by atoms with E-state index in [1.807, 2.05) is 17.2 Å². The summed E-state index contributed by atoms with van der Waals surface area (Å²) in [6.07, 6.45) is 4.93. The minimum absolute atomic E-state index is 0.0325. The molecule has 1 saturated heterocycles. The predicted octanol–water partition coefficient (Wildman–Crippen LogP) is 3.79. The summed E-state index contributed by atoms with van der Waals surface area (Å²) in [7, 11) is 0. The van der Waals surface area contributed by atoms with E-state index in [1.54, 1.807) is 4.57 Å². The van der Waals surface area contributed by atoms with Crippen LogP contribution in [0.2, 0.25) is 0 Å². The van der Waals surface area contributed by atoms with Crippen LogP contribution in [0.4, 0.5) is 0 Å². The molecular formula is C21H28N2O2S. The first-order valence-corrected chi connectivity index (χ1v) is 10.4. The Balaban J connectivity index is 1.40. The molecule has 1 aromatic carbocycles. The van der Waals surface area contributed by atoms with Gasteiger partial charge in [0.25, 0.3) is 0 Å². The molecule has 5 heteroatoms. The number of carbonyl (C=O) groups is 1. The Morgan fingerprint density at radius 1 is 1.15 bits per heavy atom. The van der Waals surface area contributed by atoms with Crippen molar-refractivity contribution in [3.63, 3.8) is 0 Å². The summed E-state index contributed by atoms with van der Waals surface area (Å²) < 4.78 is 1.71. The van der Waals surface area contributed by atoms with E-state index in [0.29, 0.717) is 18.9 Å². The van der Waals surface area contributed by atoms with Crippen molar-refractivity contribution in [2.24, 2.45) is 5.92 Å². The van der Waals surface area contributed by atoms with Gasteiger partial charge < -0.3 is 9.47 Å². The molecule has 26 heavy (non-hydrogen) atoms. The third-order valence-corrected chi connectivity index (χ3v) is 6.34. The van der Waals surface area contributed by atoms with Gasteiger partial charge in [-0.25, -0.2) is 0 Å². The van der Waals surface area contributed by atoms with Gasteiger partial charge in [-0.1, -0.05) is 41.2 Å². The fourth-order valence-electron chi connectivity index (χ4n) is 3.64. The van der Waals surface area contributed by atoms with Crippen molar-refractivity contribution in [3.8, 4) is 0 Å². The molecule has 0 bridgehead atoms. The van der Waals surface area contributed by atoms with Gasteiger partial charge in [0.1, 0.15) is 0 Å². The number of aryl methyl sites for hydroxylation is 3. The number of nitrogens with zero attached hydrogens (tertiary/aromatic N) is 2. The highest BCUT2D eigenvalue weighted by Crippen LogP contribution is 2.23. The molecule has 3 rings (SSSR count). The van der Waals surface area contributed by atoms with Crippen LogP contribution in [0.5, 0.6) is 0 Å². The van der Waals surface area contributed by atoms with Gasteiger partial charge in [-0.2, -0.15) is 0 Å². The van der Waals surface area contributed by atoms with Crippen molar-refractivity contribution in [2.75, 3.05) is 13.1 Å². The molecule has 1 amide bonds. The molecule has 1 fully saturated rings. The van der Waals surface area contributed by atoms with Crippen molar-refractivity contribution in [1.82, 2.24) is 9.47 Å². The molecule has 1 aliphatic heterocycles. The third-order valence-electron chi connectivity index (χ3n) is 5.45. The van der Waals surface area contributed by atoms with E-state index in [-0.39, 0.29) is 10.8 Å². The number of hydrogen-bond acceptors (Lipinski definition) is 3. The lowest BCUT2D eigenvalue weighted by Crippen LogP contribution is -2.39. The minimum Gasteiger partial charge on any atom is -0.343 e. The molecule has 1 aliphatic rings. The normalized spacial score (nSPS) is 15.4. The maximum atomic E-state index is 12.4. The van der Waals surface area contributed by atoms with Gasteiger partial charge in [0.2, 0.25) is 5.91 Å². The number of amides is 1. The predicted molar refractivity (Wildman–Crippen MR) is 107 cm³/mol. The average molecular weight is 373 g/mol. The minimum atomic E-state index is 0.0325. The van der Waals surface area contributed by atoms with E-state index < -0.39 is 0 Å². The van der Waals surface area contributed by atoms with Crippen molar-refractivity contribution in [1.29, 1.82) is 0 Å². The van der Waals surface area contributed by atoms with Crippen molar-refractivity contribution >= 4 is 17.2 Å². The van der Waals surface area contributed by atoms with Crippen LogP contribution in [0.25, 0.3) is 0 Å². The summed E-state index contributed by atoms with van der Waals surface area (Å²) >= 11 is 1.21. The Labute approximate surface area is 159 Å². The van der Waals surface area contributed by atoms with Crippen LogP contribution in [-0.2, 0) is 17.8 Å².